The highest BCUT2D eigenvalue weighted by atomic mass is 16.7. The van der Waals surface area contributed by atoms with Gasteiger partial charge in [-0.2, -0.15) is 0 Å². The first-order chi connectivity index (χ1) is 13.2. The first kappa shape index (κ1) is 17.0. The fourth-order valence-corrected chi connectivity index (χ4v) is 2.88. The van der Waals surface area contributed by atoms with Gasteiger partial charge < -0.3 is 24.8 Å². The Morgan fingerprint density at radius 2 is 1.81 bits per heavy atom. The van der Waals surface area contributed by atoms with Crippen LogP contribution in [0.3, 0.4) is 0 Å². The molecule has 0 radical (unpaired) electrons. The van der Waals surface area contributed by atoms with E-state index in [-0.39, 0.29) is 6.79 Å². The Kier molecular flexibility index (Phi) is 4.65. The number of benzene rings is 2. The van der Waals surface area contributed by atoms with Gasteiger partial charge in [0, 0.05) is 29.9 Å². The van der Waals surface area contributed by atoms with Crippen molar-refractivity contribution in [3.8, 4) is 17.2 Å². The molecule has 7 heteroatoms. The summed E-state index contributed by atoms with van der Waals surface area (Å²) in [6.45, 7) is 2.71. The number of aromatic nitrogens is 2. The molecule has 1 aliphatic heterocycles. The second-order valence-electron chi connectivity index (χ2n) is 6.04. The Morgan fingerprint density at radius 3 is 2.70 bits per heavy atom. The van der Waals surface area contributed by atoms with Gasteiger partial charge in [0.15, 0.2) is 11.5 Å². The Hall–Kier alpha value is -3.48. The summed E-state index contributed by atoms with van der Waals surface area (Å²) >= 11 is 0. The topological polar surface area (TPSA) is 77.5 Å². The van der Waals surface area contributed by atoms with Crippen molar-refractivity contribution in [3.63, 3.8) is 0 Å². The number of methoxy groups -OCH3 is 1. The van der Waals surface area contributed by atoms with Crippen molar-refractivity contribution in [1.29, 1.82) is 0 Å². The quantitative estimate of drug-likeness (QED) is 0.687. The van der Waals surface area contributed by atoms with E-state index in [2.05, 4.69) is 20.6 Å². The zero-order chi connectivity index (χ0) is 18.6. The predicted octanol–water partition coefficient (Wildman–Crippen LogP) is 3.88. The number of hydrogen-bond acceptors (Lipinski definition) is 7. The van der Waals surface area contributed by atoms with Crippen LogP contribution in [0.4, 0.5) is 17.3 Å². The molecule has 138 valence electrons. The van der Waals surface area contributed by atoms with Crippen LogP contribution in [-0.4, -0.2) is 23.9 Å². The minimum atomic E-state index is 0.252. The van der Waals surface area contributed by atoms with Crippen LogP contribution in [0.5, 0.6) is 17.2 Å². The van der Waals surface area contributed by atoms with Gasteiger partial charge in [0.25, 0.3) is 0 Å². The van der Waals surface area contributed by atoms with Crippen molar-refractivity contribution >= 4 is 17.3 Å². The maximum Gasteiger partial charge on any atom is 0.231 e. The fourth-order valence-electron chi connectivity index (χ4n) is 2.88. The second-order valence-corrected chi connectivity index (χ2v) is 6.04. The molecule has 27 heavy (non-hydrogen) atoms. The molecule has 0 amide bonds. The van der Waals surface area contributed by atoms with Crippen molar-refractivity contribution in [3.05, 3.63) is 59.9 Å². The number of ether oxygens (including phenoxy) is 3. The lowest BCUT2D eigenvalue weighted by molar-refractivity contribution is 0.174. The van der Waals surface area contributed by atoms with E-state index in [1.54, 1.807) is 7.11 Å². The number of para-hydroxylation sites is 1. The zero-order valence-corrected chi connectivity index (χ0v) is 15.2. The molecule has 0 saturated carbocycles. The van der Waals surface area contributed by atoms with Gasteiger partial charge in [-0.3, -0.25) is 0 Å². The lowest BCUT2D eigenvalue weighted by Gasteiger charge is -2.12. The maximum absolute atomic E-state index is 5.41. The van der Waals surface area contributed by atoms with Crippen LogP contribution in [0.25, 0.3) is 0 Å². The van der Waals surface area contributed by atoms with Crippen molar-refractivity contribution in [2.45, 2.75) is 13.5 Å². The van der Waals surface area contributed by atoms with Crippen molar-refractivity contribution in [1.82, 2.24) is 9.97 Å². The minimum Gasteiger partial charge on any atom is -0.496 e. The van der Waals surface area contributed by atoms with Gasteiger partial charge in [-0.1, -0.05) is 18.2 Å². The van der Waals surface area contributed by atoms with E-state index in [0.29, 0.717) is 18.2 Å². The third-order valence-corrected chi connectivity index (χ3v) is 4.14. The number of fused-ring (bicyclic) bond motifs is 1. The van der Waals surface area contributed by atoms with Gasteiger partial charge in [0.1, 0.15) is 23.2 Å². The van der Waals surface area contributed by atoms with E-state index in [4.69, 9.17) is 14.2 Å². The largest absolute Gasteiger partial charge is 0.496 e. The van der Waals surface area contributed by atoms with Crippen LogP contribution in [0.1, 0.15) is 11.4 Å². The lowest BCUT2D eigenvalue weighted by Crippen LogP contribution is -2.06. The molecule has 1 aliphatic rings. The highest BCUT2D eigenvalue weighted by Gasteiger charge is 2.13. The Balaban J connectivity index is 1.49. The van der Waals surface area contributed by atoms with Crippen molar-refractivity contribution in [2.75, 3.05) is 24.5 Å². The second kappa shape index (κ2) is 7.41. The smallest absolute Gasteiger partial charge is 0.231 e. The van der Waals surface area contributed by atoms with Gasteiger partial charge in [-0.15, -0.1) is 0 Å². The molecule has 0 fully saturated rings. The number of nitrogens with zero attached hydrogens (tertiary/aromatic N) is 2. The van der Waals surface area contributed by atoms with E-state index in [9.17, 15) is 0 Å². The molecule has 1 aromatic heterocycles. The fraction of sp³-hybridized carbons (Fsp3) is 0.200. The molecule has 0 saturated heterocycles. The third-order valence-electron chi connectivity index (χ3n) is 4.14. The number of anilines is 3. The van der Waals surface area contributed by atoms with Gasteiger partial charge in [-0.05, 0) is 25.1 Å². The molecule has 3 aromatic rings. The average Bonchev–Trinajstić information content (AvgIpc) is 3.14. The molecule has 0 aliphatic carbocycles. The van der Waals surface area contributed by atoms with Crippen molar-refractivity contribution < 1.29 is 14.2 Å². The van der Waals surface area contributed by atoms with Gasteiger partial charge in [0.05, 0.1) is 7.11 Å². The Labute approximate surface area is 157 Å². The Morgan fingerprint density at radius 1 is 1.00 bits per heavy atom. The lowest BCUT2D eigenvalue weighted by atomic mass is 10.2. The molecule has 4 rings (SSSR count). The summed E-state index contributed by atoms with van der Waals surface area (Å²) in [7, 11) is 1.67. The Bertz CT molecular complexity index is 962. The molecule has 0 unspecified atom stereocenters. The summed E-state index contributed by atoms with van der Waals surface area (Å²) in [6.07, 6.45) is 0. The van der Waals surface area contributed by atoms with Crippen LogP contribution < -0.4 is 24.8 Å². The summed E-state index contributed by atoms with van der Waals surface area (Å²) in [5.41, 5.74) is 1.93. The SMILES string of the molecule is COc1ccccc1CNc1cc(Nc2ccc3c(c2)OCO3)nc(C)n1. The first-order valence-electron chi connectivity index (χ1n) is 8.59. The predicted molar refractivity (Wildman–Crippen MR) is 103 cm³/mol. The average molecular weight is 364 g/mol. The number of rotatable bonds is 6. The summed E-state index contributed by atoms with van der Waals surface area (Å²) < 4.78 is 16.1. The molecular formula is C20H20N4O3. The van der Waals surface area contributed by atoms with Crippen LogP contribution in [0.2, 0.25) is 0 Å². The normalized spacial score (nSPS) is 11.9. The van der Waals surface area contributed by atoms with E-state index >= 15 is 0 Å². The zero-order valence-electron chi connectivity index (χ0n) is 15.2. The van der Waals surface area contributed by atoms with E-state index in [1.165, 1.54) is 0 Å². The number of nitrogens with one attached hydrogen (secondary N) is 2. The summed E-state index contributed by atoms with van der Waals surface area (Å²) in [4.78, 5) is 8.91. The number of hydrogen-bond donors (Lipinski definition) is 2. The van der Waals surface area contributed by atoms with Crippen LogP contribution in [0.15, 0.2) is 48.5 Å². The van der Waals surface area contributed by atoms with Crippen LogP contribution in [0, 0.1) is 6.92 Å². The molecule has 0 atom stereocenters. The summed E-state index contributed by atoms with van der Waals surface area (Å²) in [5, 5.41) is 6.61. The molecule has 2 heterocycles. The molecule has 7 nitrogen and oxygen atoms in total. The highest BCUT2D eigenvalue weighted by Crippen LogP contribution is 2.35. The third kappa shape index (κ3) is 3.87. The monoisotopic (exact) mass is 364 g/mol. The van der Waals surface area contributed by atoms with Crippen molar-refractivity contribution in [2.24, 2.45) is 0 Å². The first-order valence-corrected chi connectivity index (χ1v) is 8.59. The molecule has 2 aromatic carbocycles. The van der Waals surface area contributed by atoms with Gasteiger partial charge in [-0.25, -0.2) is 9.97 Å². The molecule has 0 bridgehead atoms. The van der Waals surface area contributed by atoms with E-state index in [1.807, 2.05) is 55.5 Å². The maximum atomic E-state index is 5.41. The van der Waals surface area contributed by atoms with E-state index in [0.717, 1.165) is 34.3 Å². The summed E-state index contributed by atoms with van der Waals surface area (Å²) in [6, 6.07) is 15.4. The minimum absolute atomic E-state index is 0.252. The van der Waals surface area contributed by atoms with Crippen LogP contribution in [-0.2, 0) is 6.54 Å². The van der Waals surface area contributed by atoms with Gasteiger partial charge in [0.2, 0.25) is 6.79 Å². The van der Waals surface area contributed by atoms with E-state index < -0.39 is 0 Å². The van der Waals surface area contributed by atoms with Crippen LogP contribution >= 0.6 is 0 Å². The van der Waals surface area contributed by atoms with Gasteiger partial charge >= 0.3 is 0 Å². The molecule has 2 N–H and O–H groups in total. The summed E-state index contributed by atoms with van der Waals surface area (Å²) in [5.74, 6) is 4.41. The molecular weight excluding hydrogens is 344 g/mol. The molecule has 0 spiro atoms. The standard InChI is InChI=1S/C20H20N4O3/c1-13-22-19(21-11-14-5-3-4-6-16(14)25-2)10-20(23-13)24-15-7-8-17-18(9-15)27-12-26-17/h3-10H,11-12H2,1-2H3,(H2,21,22,23,24). The number of aryl methyl sites for hydroxylation is 1. The highest BCUT2D eigenvalue weighted by molar-refractivity contribution is 5.63.